The van der Waals surface area contributed by atoms with Crippen molar-refractivity contribution in [1.29, 1.82) is 0 Å². The standard InChI is InChI=1S/C21H25N5O/c1-14-10-20(23-17-4-3-9-26(12-17)13-22-2)24-25-21(14)18-8-7-16(11-19(18)27)15-5-6-15/h7-8,10-11,15,17,27H,3-6,9,12-13H2,1H3,(H,23,24). The third kappa shape index (κ3) is 4.04. The summed E-state index contributed by atoms with van der Waals surface area (Å²) in [5.74, 6) is 1.64. The predicted molar refractivity (Wildman–Crippen MR) is 106 cm³/mol. The first-order chi connectivity index (χ1) is 13.1. The first-order valence-electron chi connectivity index (χ1n) is 9.64. The van der Waals surface area contributed by atoms with Crippen molar-refractivity contribution in [2.45, 2.75) is 44.6 Å². The van der Waals surface area contributed by atoms with Crippen molar-refractivity contribution in [3.05, 3.63) is 46.8 Å². The number of anilines is 1. The molecular weight excluding hydrogens is 338 g/mol. The van der Waals surface area contributed by atoms with Gasteiger partial charge in [-0.25, -0.2) is 11.5 Å². The van der Waals surface area contributed by atoms with Gasteiger partial charge < -0.3 is 10.4 Å². The molecule has 1 unspecified atom stereocenters. The number of piperidine rings is 1. The predicted octanol–water partition coefficient (Wildman–Crippen LogP) is 3.79. The highest BCUT2D eigenvalue weighted by molar-refractivity contribution is 5.70. The van der Waals surface area contributed by atoms with Crippen LogP contribution >= 0.6 is 0 Å². The number of aromatic nitrogens is 2. The molecule has 1 saturated carbocycles. The van der Waals surface area contributed by atoms with Gasteiger partial charge in [0.2, 0.25) is 0 Å². The van der Waals surface area contributed by atoms with Crippen LogP contribution in [0.3, 0.4) is 0 Å². The largest absolute Gasteiger partial charge is 0.507 e. The first kappa shape index (κ1) is 17.7. The molecule has 6 heteroatoms. The Kier molecular flexibility index (Phi) is 4.95. The zero-order chi connectivity index (χ0) is 18.8. The summed E-state index contributed by atoms with van der Waals surface area (Å²) in [5, 5.41) is 22.6. The van der Waals surface area contributed by atoms with Crippen LogP contribution in [0.1, 0.15) is 42.7 Å². The minimum absolute atomic E-state index is 0.277. The third-order valence-electron chi connectivity index (χ3n) is 5.44. The number of rotatable bonds is 5. The number of phenols is 1. The molecule has 2 aliphatic rings. The summed E-state index contributed by atoms with van der Waals surface area (Å²) in [6, 6.07) is 8.19. The smallest absolute Gasteiger partial charge is 0.270 e. The van der Waals surface area contributed by atoms with E-state index in [0.717, 1.165) is 48.6 Å². The maximum atomic E-state index is 10.4. The van der Waals surface area contributed by atoms with Crippen LogP contribution in [0.4, 0.5) is 5.82 Å². The lowest BCUT2D eigenvalue weighted by atomic mass is 10.0. The van der Waals surface area contributed by atoms with E-state index in [9.17, 15) is 5.11 Å². The Morgan fingerprint density at radius 1 is 1.26 bits per heavy atom. The molecular formula is C21H25N5O. The summed E-state index contributed by atoms with van der Waals surface area (Å²) in [4.78, 5) is 5.65. The topological polar surface area (TPSA) is 65.6 Å². The molecule has 2 N–H and O–H groups in total. The van der Waals surface area contributed by atoms with Crippen LogP contribution in [0.5, 0.6) is 5.75 Å². The molecule has 2 heterocycles. The Balaban J connectivity index is 1.48. The highest BCUT2D eigenvalue weighted by Gasteiger charge is 2.25. The molecule has 1 aromatic heterocycles. The second-order valence-corrected chi connectivity index (χ2v) is 7.67. The molecule has 140 valence electrons. The average Bonchev–Trinajstić information content (AvgIpc) is 3.48. The summed E-state index contributed by atoms with van der Waals surface area (Å²) in [6.07, 6.45) is 4.58. The van der Waals surface area contributed by atoms with Crippen molar-refractivity contribution >= 4 is 5.82 Å². The number of aromatic hydroxyl groups is 1. The minimum Gasteiger partial charge on any atom is -0.507 e. The van der Waals surface area contributed by atoms with Gasteiger partial charge in [0.1, 0.15) is 11.6 Å². The fourth-order valence-corrected chi connectivity index (χ4v) is 3.85. The molecule has 1 atom stereocenters. The average molecular weight is 363 g/mol. The highest BCUT2D eigenvalue weighted by atomic mass is 16.3. The SMILES string of the molecule is [C-]#[N+]CN1CCCC(Nc2cc(C)c(-c3ccc(C4CC4)cc3O)nn2)C1. The van der Waals surface area contributed by atoms with Gasteiger partial charge in [-0.15, -0.1) is 10.2 Å². The maximum Gasteiger partial charge on any atom is 0.270 e. The van der Waals surface area contributed by atoms with Crippen molar-refractivity contribution in [3.8, 4) is 17.0 Å². The van der Waals surface area contributed by atoms with Crippen LogP contribution < -0.4 is 5.32 Å². The van der Waals surface area contributed by atoms with Crippen LogP contribution in [-0.2, 0) is 0 Å². The molecule has 6 nitrogen and oxygen atoms in total. The molecule has 2 fully saturated rings. The molecule has 1 aliphatic heterocycles. The molecule has 4 rings (SSSR count). The van der Waals surface area contributed by atoms with Crippen LogP contribution in [0.2, 0.25) is 0 Å². The Hall–Kier alpha value is -2.65. The molecule has 0 radical (unpaired) electrons. The van der Waals surface area contributed by atoms with Gasteiger partial charge in [0.25, 0.3) is 6.67 Å². The van der Waals surface area contributed by atoms with Gasteiger partial charge in [-0.05, 0) is 67.9 Å². The molecule has 1 aromatic carbocycles. The number of nitrogens with one attached hydrogen (secondary N) is 1. The third-order valence-corrected chi connectivity index (χ3v) is 5.44. The number of hydrogen-bond donors (Lipinski definition) is 2. The second kappa shape index (κ2) is 7.53. The van der Waals surface area contributed by atoms with Crippen molar-refractivity contribution in [2.75, 3.05) is 25.1 Å². The van der Waals surface area contributed by atoms with Gasteiger partial charge in [0.05, 0.1) is 5.69 Å². The zero-order valence-corrected chi connectivity index (χ0v) is 15.6. The van der Waals surface area contributed by atoms with Gasteiger partial charge in [-0.3, -0.25) is 4.85 Å². The van der Waals surface area contributed by atoms with Gasteiger partial charge in [-0.1, -0.05) is 6.07 Å². The summed E-state index contributed by atoms with van der Waals surface area (Å²) in [6.45, 7) is 11.3. The van der Waals surface area contributed by atoms with Crippen molar-refractivity contribution < 1.29 is 5.11 Å². The molecule has 0 amide bonds. The van der Waals surface area contributed by atoms with E-state index in [4.69, 9.17) is 6.57 Å². The molecule has 27 heavy (non-hydrogen) atoms. The van der Waals surface area contributed by atoms with Gasteiger partial charge >= 0.3 is 0 Å². The van der Waals surface area contributed by atoms with Crippen LogP contribution in [0, 0.1) is 13.5 Å². The number of nitrogens with zero attached hydrogens (tertiary/aromatic N) is 4. The first-order valence-corrected chi connectivity index (χ1v) is 9.64. The Bertz CT molecular complexity index is 871. The van der Waals surface area contributed by atoms with Crippen molar-refractivity contribution in [2.24, 2.45) is 0 Å². The fraction of sp³-hybridized carbons (Fsp3) is 0.476. The van der Waals surface area contributed by atoms with Crippen molar-refractivity contribution in [1.82, 2.24) is 15.1 Å². The van der Waals surface area contributed by atoms with Gasteiger partial charge in [0.15, 0.2) is 0 Å². The number of hydrogen-bond acceptors (Lipinski definition) is 5. The quantitative estimate of drug-likeness (QED) is 0.791. The Morgan fingerprint density at radius 2 is 2.11 bits per heavy atom. The van der Waals surface area contributed by atoms with E-state index in [1.54, 1.807) is 0 Å². The molecule has 0 bridgehead atoms. The molecule has 1 saturated heterocycles. The van der Waals surface area contributed by atoms with Crippen molar-refractivity contribution in [3.63, 3.8) is 0 Å². The maximum absolute atomic E-state index is 10.4. The number of phenolic OH excluding ortho intramolecular Hbond substituents is 1. The van der Waals surface area contributed by atoms with E-state index in [1.165, 1.54) is 18.4 Å². The molecule has 1 aliphatic carbocycles. The van der Waals surface area contributed by atoms with E-state index in [-0.39, 0.29) is 11.8 Å². The van der Waals surface area contributed by atoms with Crippen LogP contribution in [-0.4, -0.2) is 46.0 Å². The second-order valence-electron chi connectivity index (χ2n) is 7.67. The van der Waals surface area contributed by atoms with Crippen LogP contribution in [0.15, 0.2) is 24.3 Å². The lowest BCUT2D eigenvalue weighted by Gasteiger charge is -2.30. The zero-order valence-electron chi connectivity index (χ0n) is 15.6. The highest BCUT2D eigenvalue weighted by Crippen LogP contribution is 2.42. The number of benzene rings is 1. The monoisotopic (exact) mass is 363 g/mol. The van der Waals surface area contributed by atoms with E-state index in [1.807, 2.05) is 25.1 Å². The minimum atomic E-state index is 0.277. The number of aryl methyl sites for hydroxylation is 1. The Morgan fingerprint density at radius 3 is 2.81 bits per heavy atom. The van der Waals surface area contributed by atoms with Gasteiger partial charge in [0, 0.05) is 24.7 Å². The lowest BCUT2D eigenvalue weighted by molar-refractivity contribution is 0.236. The van der Waals surface area contributed by atoms with E-state index >= 15 is 0 Å². The molecule has 2 aromatic rings. The van der Waals surface area contributed by atoms with E-state index in [2.05, 4.69) is 31.3 Å². The summed E-state index contributed by atoms with van der Waals surface area (Å²) in [5.41, 5.74) is 3.65. The summed E-state index contributed by atoms with van der Waals surface area (Å²) >= 11 is 0. The van der Waals surface area contributed by atoms with Crippen LogP contribution in [0.25, 0.3) is 16.1 Å². The van der Waals surface area contributed by atoms with Gasteiger partial charge in [-0.2, -0.15) is 0 Å². The Labute approximate surface area is 160 Å². The van der Waals surface area contributed by atoms with E-state index in [0.29, 0.717) is 12.6 Å². The van der Waals surface area contributed by atoms with E-state index < -0.39 is 0 Å². The lowest BCUT2D eigenvalue weighted by Crippen LogP contribution is -2.42. The molecule has 0 spiro atoms. The number of likely N-dealkylation sites (tertiary alicyclic amines) is 1. The summed E-state index contributed by atoms with van der Waals surface area (Å²) < 4.78 is 0. The summed E-state index contributed by atoms with van der Waals surface area (Å²) in [7, 11) is 0. The fourth-order valence-electron chi connectivity index (χ4n) is 3.85. The normalized spacial score (nSPS) is 20.2.